The van der Waals surface area contributed by atoms with E-state index in [0.29, 0.717) is 34.6 Å². The molecule has 59 heavy (non-hydrogen) atoms. The summed E-state index contributed by atoms with van der Waals surface area (Å²) in [4.78, 5) is 57.0. The molecule has 1 fully saturated rings. The maximum absolute atomic E-state index is 13.4. The third-order valence-corrected chi connectivity index (χ3v) is 10.3. The van der Waals surface area contributed by atoms with Crippen molar-refractivity contribution >= 4 is 36.7 Å². The van der Waals surface area contributed by atoms with Crippen LogP contribution in [-0.2, 0) is 33.6 Å². The Morgan fingerprint density at radius 3 is 2.24 bits per heavy atom. The largest absolute Gasteiger partial charge is 0.508 e. The molecule has 1 spiro atoms. The second-order valence-corrected chi connectivity index (χ2v) is 14.8. The number of aliphatic hydroxyl groups excluding tert-OH is 2. The minimum Gasteiger partial charge on any atom is -0.508 e. The lowest BCUT2D eigenvalue weighted by atomic mass is 9.77. The quantitative estimate of drug-likeness (QED) is 0.0420. The predicted molar refractivity (Wildman–Crippen MR) is 200 cm³/mol. The number of phosphoric acid groups is 1. The summed E-state index contributed by atoms with van der Waals surface area (Å²) >= 11 is 0. The molecule has 8 N–H and O–H groups in total. The number of carbonyl (C=O) groups excluding carboxylic acids is 2. The van der Waals surface area contributed by atoms with Gasteiger partial charge in [-0.1, -0.05) is 6.07 Å². The molecule has 1 saturated heterocycles. The first-order valence-corrected chi connectivity index (χ1v) is 19.7. The number of aliphatic hydroxyl groups is 2. The SMILES string of the molecule is O=C(NCCOCCOCCNc1ncnc2c1ncn2[C@@H]1O[C@H](COP(=O)(O)O)[C@@H](O)[C@H]1O)c1ccc2c(c1)C(=O)OC21c2ccc(O)cc2Oc2cc(O)ccc21. The maximum atomic E-state index is 13.4. The van der Waals surface area contributed by atoms with E-state index >= 15 is 0 Å². The van der Waals surface area contributed by atoms with E-state index in [2.05, 4.69) is 30.1 Å². The summed E-state index contributed by atoms with van der Waals surface area (Å²) in [6, 6.07) is 13.6. The van der Waals surface area contributed by atoms with Gasteiger partial charge in [0.05, 0.1) is 44.9 Å². The van der Waals surface area contributed by atoms with Crippen molar-refractivity contribution in [3.05, 3.63) is 95.1 Å². The number of phenols is 2. The number of aromatic hydroxyl groups is 2. The molecule has 310 valence electrons. The summed E-state index contributed by atoms with van der Waals surface area (Å²) in [5.74, 6) is -0.350. The summed E-state index contributed by atoms with van der Waals surface area (Å²) in [7, 11) is -4.82. The van der Waals surface area contributed by atoms with E-state index in [9.17, 15) is 34.6 Å². The third kappa shape index (κ3) is 7.78. The Labute approximate surface area is 333 Å². The number of phenolic OH excluding ortho intramolecular Hbond substituents is 2. The van der Waals surface area contributed by atoms with Gasteiger partial charge in [-0.15, -0.1) is 0 Å². The fraction of sp³-hybridized carbons (Fsp3) is 0.324. The van der Waals surface area contributed by atoms with Crippen LogP contribution in [0.3, 0.4) is 0 Å². The van der Waals surface area contributed by atoms with Gasteiger partial charge in [-0.05, 0) is 36.4 Å². The first-order chi connectivity index (χ1) is 28.3. The lowest BCUT2D eigenvalue weighted by Gasteiger charge is -2.36. The van der Waals surface area contributed by atoms with Crippen LogP contribution in [0, 0.1) is 0 Å². The van der Waals surface area contributed by atoms with Gasteiger partial charge in [0.15, 0.2) is 28.8 Å². The number of nitrogens with one attached hydrogen (secondary N) is 2. The van der Waals surface area contributed by atoms with Crippen molar-refractivity contribution in [3.8, 4) is 23.0 Å². The number of fused-ring (bicyclic) bond motifs is 7. The summed E-state index contributed by atoms with van der Waals surface area (Å²) in [6.45, 7) is 0.794. The normalized spacial score (nSPS) is 20.2. The Morgan fingerprint density at radius 2 is 1.54 bits per heavy atom. The highest BCUT2D eigenvalue weighted by atomic mass is 31.2. The van der Waals surface area contributed by atoms with Crippen molar-refractivity contribution in [2.24, 2.45) is 0 Å². The number of anilines is 1. The van der Waals surface area contributed by atoms with E-state index in [1.807, 2.05) is 0 Å². The van der Waals surface area contributed by atoms with Gasteiger partial charge in [-0.2, -0.15) is 0 Å². The number of ether oxygens (including phenoxy) is 5. The van der Waals surface area contributed by atoms with Gasteiger partial charge in [0.2, 0.25) is 0 Å². The van der Waals surface area contributed by atoms with Crippen LogP contribution in [0.15, 0.2) is 67.3 Å². The lowest BCUT2D eigenvalue weighted by Crippen LogP contribution is -2.33. The molecule has 0 bridgehead atoms. The Balaban J connectivity index is 0.786. The fourth-order valence-electron chi connectivity index (χ4n) is 7.18. The first kappa shape index (κ1) is 40.1. The molecular formula is C37H37N6O15P. The van der Waals surface area contributed by atoms with Gasteiger partial charge < -0.3 is 64.5 Å². The lowest BCUT2D eigenvalue weighted by molar-refractivity contribution is -0.0504. The number of amides is 1. The highest BCUT2D eigenvalue weighted by molar-refractivity contribution is 7.46. The zero-order valence-corrected chi connectivity index (χ0v) is 31.6. The monoisotopic (exact) mass is 836 g/mol. The zero-order chi connectivity index (χ0) is 41.5. The van der Waals surface area contributed by atoms with E-state index in [1.54, 1.807) is 24.3 Å². The van der Waals surface area contributed by atoms with Crippen LogP contribution in [0.25, 0.3) is 11.2 Å². The Hall–Kier alpha value is -5.74. The fourth-order valence-corrected chi connectivity index (χ4v) is 7.52. The highest BCUT2D eigenvalue weighted by Crippen LogP contribution is 2.57. The molecule has 3 aromatic carbocycles. The molecule has 0 radical (unpaired) electrons. The molecule has 0 saturated carbocycles. The van der Waals surface area contributed by atoms with Gasteiger partial charge in [0, 0.05) is 47.5 Å². The van der Waals surface area contributed by atoms with Crippen molar-refractivity contribution in [1.29, 1.82) is 0 Å². The molecule has 3 aliphatic heterocycles. The number of phosphoric ester groups is 1. The van der Waals surface area contributed by atoms with Crippen LogP contribution in [0.5, 0.6) is 23.0 Å². The van der Waals surface area contributed by atoms with Gasteiger partial charge in [-0.25, -0.2) is 24.3 Å². The standard InChI is InChI=1S/C37H37N6O15P/c44-20-2-5-24-26(14-20)56-27-15-21(45)3-6-25(27)37(24)23-4-1-19(13-22(23)36(49)58-37)34(48)39-8-10-54-12-11-53-9-7-38-32-29-33(41-17-40-32)43(18-42-29)35-31(47)30(46)28(57-35)16-55-59(50,51)52/h1-6,13-15,17-18,28,30-31,35,44-47H,7-12,16H2,(H,39,48)(H,38,40,41)(H2,50,51,52)/t28-,30-,31-,35-/m1/s1. The maximum Gasteiger partial charge on any atom is 0.469 e. The summed E-state index contributed by atoms with van der Waals surface area (Å²) < 4.78 is 45.7. The Morgan fingerprint density at radius 1 is 0.864 bits per heavy atom. The molecular weight excluding hydrogens is 799 g/mol. The summed E-state index contributed by atoms with van der Waals surface area (Å²) in [6.07, 6.45) is -2.75. The van der Waals surface area contributed by atoms with E-state index in [4.69, 9.17) is 33.5 Å². The first-order valence-electron chi connectivity index (χ1n) is 18.1. The second-order valence-electron chi connectivity index (χ2n) is 13.6. The van der Waals surface area contributed by atoms with Crippen LogP contribution in [0.4, 0.5) is 5.82 Å². The average Bonchev–Trinajstić information content (AvgIpc) is 3.85. The van der Waals surface area contributed by atoms with E-state index < -0.39 is 56.4 Å². The topological polar surface area (TPSA) is 296 Å². The molecule has 22 heteroatoms. The van der Waals surface area contributed by atoms with Gasteiger partial charge in [0.1, 0.15) is 47.6 Å². The number of rotatable bonds is 15. The van der Waals surface area contributed by atoms with Crippen LogP contribution >= 0.6 is 7.82 Å². The van der Waals surface area contributed by atoms with Gasteiger partial charge in [-0.3, -0.25) is 13.9 Å². The Bertz CT molecular complexity index is 2410. The number of aromatic nitrogens is 4. The number of benzene rings is 3. The molecule has 8 rings (SSSR count). The molecule has 4 atom stereocenters. The van der Waals surface area contributed by atoms with Gasteiger partial charge in [0.25, 0.3) is 5.91 Å². The van der Waals surface area contributed by atoms with Crippen LogP contribution in [-0.4, -0.2) is 126 Å². The third-order valence-electron chi connectivity index (χ3n) is 9.86. The molecule has 2 aromatic heterocycles. The highest BCUT2D eigenvalue weighted by Gasteiger charge is 2.54. The molecule has 21 nitrogen and oxygen atoms in total. The molecule has 3 aliphatic rings. The van der Waals surface area contributed by atoms with Crippen LogP contribution in [0.1, 0.15) is 43.6 Å². The zero-order valence-electron chi connectivity index (χ0n) is 30.7. The van der Waals surface area contributed by atoms with Crippen molar-refractivity contribution in [2.45, 2.75) is 30.1 Å². The average molecular weight is 837 g/mol. The molecule has 1 amide bonds. The van der Waals surface area contributed by atoms with Gasteiger partial charge >= 0.3 is 13.8 Å². The molecule has 0 aliphatic carbocycles. The number of hydrogen-bond donors (Lipinski definition) is 8. The van der Waals surface area contributed by atoms with Crippen molar-refractivity contribution < 1.29 is 72.6 Å². The van der Waals surface area contributed by atoms with Crippen molar-refractivity contribution in [2.75, 3.05) is 51.4 Å². The molecule has 5 heterocycles. The second kappa shape index (κ2) is 16.1. The number of carbonyl (C=O) groups is 2. The predicted octanol–water partition coefficient (Wildman–Crippen LogP) is 1.41. The summed E-state index contributed by atoms with van der Waals surface area (Å²) in [5.41, 5.74) is 0.999. The number of nitrogens with zero attached hydrogens (tertiary/aromatic N) is 4. The minimum atomic E-state index is -4.82. The number of hydrogen-bond acceptors (Lipinski definition) is 17. The van der Waals surface area contributed by atoms with Crippen molar-refractivity contribution in [1.82, 2.24) is 24.8 Å². The summed E-state index contributed by atoms with van der Waals surface area (Å²) in [5, 5.41) is 47.0. The van der Waals surface area contributed by atoms with E-state index in [1.165, 1.54) is 47.6 Å². The number of esters is 1. The van der Waals surface area contributed by atoms with E-state index in [0.717, 1.165) is 0 Å². The van der Waals surface area contributed by atoms with Crippen LogP contribution < -0.4 is 15.4 Å². The van der Waals surface area contributed by atoms with Crippen molar-refractivity contribution in [3.63, 3.8) is 0 Å². The van der Waals surface area contributed by atoms with E-state index in [-0.39, 0.29) is 72.7 Å². The van der Waals surface area contributed by atoms with Crippen LogP contribution in [0.2, 0.25) is 0 Å². The molecule has 5 aromatic rings. The number of imidazole rings is 1. The molecule has 0 unspecified atom stereocenters. The Kier molecular flexibility index (Phi) is 11.0. The smallest absolute Gasteiger partial charge is 0.469 e. The minimum absolute atomic E-state index is 0.0602.